The Kier molecular flexibility index (Phi) is 12.6. The standard InChI is InChI=1S/C10H20O.C6H6O.H2O4S/c1-2-3-4-5-6-7-10-8-9-11-10;7-6-4-2-1-3-5-6;1-5(2,3)4/h10H,2-9H2,1H3;1-5,7H;(H2,1,2,3,4). The molecule has 1 heterocycles. The van der Waals surface area contributed by atoms with E-state index in [1.807, 2.05) is 6.07 Å². The fraction of sp³-hybridized carbons (Fsp3) is 0.625. The predicted octanol–water partition coefficient (Wildman–Crippen LogP) is 3.88. The second-order valence-corrected chi connectivity index (χ2v) is 6.16. The van der Waals surface area contributed by atoms with Crippen molar-refractivity contribution in [1.82, 2.24) is 0 Å². The summed E-state index contributed by atoms with van der Waals surface area (Å²) in [4.78, 5) is 0. The molecule has 1 aliphatic heterocycles. The lowest BCUT2D eigenvalue weighted by Crippen LogP contribution is -2.26. The Morgan fingerprint density at radius 1 is 1.09 bits per heavy atom. The largest absolute Gasteiger partial charge is 0.508 e. The molecular weight excluding hydrogens is 320 g/mol. The number of phenols is 1. The summed E-state index contributed by atoms with van der Waals surface area (Å²) in [5, 5.41) is 8.63. The minimum Gasteiger partial charge on any atom is -0.508 e. The molecule has 0 saturated carbocycles. The van der Waals surface area contributed by atoms with E-state index in [1.54, 1.807) is 24.3 Å². The summed E-state index contributed by atoms with van der Waals surface area (Å²) >= 11 is 0. The minimum atomic E-state index is -4.67. The molecule has 134 valence electrons. The Hall–Kier alpha value is -1.15. The number of hydrogen-bond donors (Lipinski definition) is 3. The van der Waals surface area contributed by atoms with E-state index in [9.17, 15) is 0 Å². The van der Waals surface area contributed by atoms with Crippen molar-refractivity contribution in [2.75, 3.05) is 6.61 Å². The van der Waals surface area contributed by atoms with E-state index in [2.05, 4.69) is 6.92 Å². The molecule has 3 N–H and O–H groups in total. The lowest BCUT2D eigenvalue weighted by Gasteiger charge is -2.26. The second-order valence-electron chi connectivity index (χ2n) is 5.27. The summed E-state index contributed by atoms with van der Waals surface area (Å²) in [6.45, 7) is 3.27. The van der Waals surface area contributed by atoms with Crippen molar-refractivity contribution in [2.24, 2.45) is 0 Å². The minimum absolute atomic E-state index is 0.322. The maximum Gasteiger partial charge on any atom is 0.394 e. The third-order valence-electron chi connectivity index (χ3n) is 3.18. The maximum absolute atomic E-state index is 8.74. The highest BCUT2D eigenvalue weighted by atomic mass is 32.3. The molecule has 2 rings (SSSR count). The van der Waals surface area contributed by atoms with Gasteiger partial charge in [0.15, 0.2) is 0 Å². The number of hydrogen-bond acceptors (Lipinski definition) is 4. The molecule has 1 saturated heterocycles. The van der Waals surface area contributed by atoms with Crippen LogP contribution in [0.2, 0.25) is 0 Å². The van der Waals surface area contributed by atoms with E-state index in [4.69, 9.17) is 27.4 Å². The van der Waals surface area contributed by atoms with E-state index in [0.29, 0.717) is 11.9 Å². The molecule has 0 amide bonds. The first kappa shape index (κ1) is 21.9. The van der Waals surface area contributed by atoms with Crippen molar-refractivity contribution in [1.29, 1.82) is 0 Å². The van der Waals surface area contributed by atoms with Gasteiger partial charge in [-0.15, -0.1) is 0 Å². The van der Waals surface area contributed by atoms with Crippen molar-refractivity contribution < 1.29 is 27.4 Å². The highest BCUT2D eigenvalue weighted by molar-refractivity contribution is 7.79. The van der Waals surface area contributed by atoms with Crippen LogP contribution in [0.5, 0.6) is 5.75 Å². The van der Waals surface area contributed by atoms with Gasteiger partial charge in [-0.25, -0.2) is 0 Å². The Morgan fingerprint density at radius 2 is 1.61 bits per heavy atom. The van der Waals surface area contributed by atoms with Crippen molar-refractivity contribution in [2.45, 2.75) is 58.0 Å². The van der Waals surface area contributed by atoms with Crippen molar-refractivity contribution >= 4 is 10.4 Å². The van der Waals surface area contributed by atoms with Gasteiger partial charge in [-0.3, -0.25) is 9.11 Å². The Morgan fingerprint density at radius 3 is 1.96 bits per heavy atom. The molecule has 0 radical (unpaired) electrons. The van der Waals surface area contributed by atoms with Crippen LogP contribution in [-0.2, 0) is 15.1 Å². The van der Waals surface area contributed by atoms with E-state index >= 15 is 0 Å². The molecule has 1 aliphatic rings. The fourth-order valence-electron chi connectivity index (χ4n) is 1.92. The van der Waals surface area contributed by atoms with Gasteiger partial charge < -0.3 is 9.84 Å². The summed E-state index contributed by atoms with van der Waals surface area (Å²) in [6, 6.07) is 8.71. The summed E-state index contributed by atoms with van der Waals surface area (Å²) in [7, 11) is -4.67. The number of ether oxygens (including phenoxy) is 1. The Bertz CT molecular complexity index is 463. The number of para-hydroxylation sites is 1. The van der Waals surface area contributed by atoms with Crippen LogP contribution < -0.4 is 0 Å². The molecule has 23 heavy (non-hydrogen) atoms. The number of unbranched alkanes of at least 4 members (excludes halogenated alkanes) is 4. The molecule has 1 fully saturated rings. The first-order valence-corrected chi connectivity index (χ1v) is 9.28. The summed E-state index contributed by atoms with van der Waals surface area (Å²) < 4.78 is 36.9. The SMILES string of the molecule is CCCCCCCC1CCO1.O=S(=O)(O)O.Oc1ccccc1. The molecule has 7 heteroatoms. The lowest BCUT2D eigenvalue weighted by molar-refractivity contribution is -0.0555. The van der Waals surface area contributed by atoms with Crippen LogP contribution in [0.25, 0.3) is 0 Å². The highest BCUT2D eigenvalue weighted by Gasteiger charge is 2.16. The monoisotopic (exact) mass is 348 g/mol. The first-order valence-electron chi connectivity index (χ1n) is 7.88. The van der Waals surface area contributed by atoms with Crippen LogP contribution in [0.1, 0.15) is 51.9 Å². The topological polar surface area (TPSA) is 104 Å². The molecule has 0 bridgehead atoms. The second kappa shape index (κ2) is 13.3. The number of benzene rings is 1. The van der Waals surface area contributed by atoms with Crippen LogP contribution in [0.15, 0.2) is 30.3 Å². The molecule has 1 aromatic carbocycles. The van der Waals surface area contributed by atoms with Crippen molar-refractivity contribution in [3.05, 3.63) is 30.3 Å². The quantitative estimate of drug-likeness (QED) is 0.532. The summed E-state index contributed by atoms with van der Waals surface area (Å²) in [6.07, 6.45) is 10.2. The van der Waals surface area contributed by atoms with E-state index < -0.39 is 10.4 Å². The van der Waals surface area contributed by atoms with Crippen LogP contribution >= 0.6 is 0 Å². The average Bonchev–Trinajstić information content (AvgIpc) is 2.40. The van der Waals surface area contributed by atoms with Gasteiger partial charge in [0.05, 0.1) is 6.10 Å². The van der Waals surface area contributed by atoms with Gasteiger partial charge in [-0.1, -0.05) is 57.2 Å². The van der Waals surface area contributed by atoms with E-state index in [0.717, 1.165) is 6.61 Å². The molecule has 0 aromatic heterocycles. The molecule has 0 aliphatic carbocycles. The number of phenolic OH excluding ortho intramolecular Hbond substituents is 1. The normalized spacial score (nSPS) is 16.2. The Balaban J connectivity index is 0.000000347. The number of aromatic hydroxyl groups is 1. The molecular formula is C16H28O6S. The van der Waals surface area contributed by atoms with Gasteiger partial charge in [0, 0.05) is 6.61 Å². The fourth-order valence-corrected chi connectivity index (χ4v) is 1.92. The zero-order valence-corrected chi connectivity index (χ0v) is 14.4. The summed E-state index contributed by atoms with van der Waals surface area (Å²) in [5.41, 5.74) is 0. The smallest absolute Gasteiger partial charge is 0.394 e. The van der Waals surface area contributed by atoms with Gasteiger partial charge in [0.2, 0.25) is 0 Å². The first-order chi connectivity index (χ1) is 10.8. The maximum atomic E-state index is 8.74. The van der Waals surface area contributed by atoms with Crippen molar-refractivity contribution in [3.63, 3.8) is 0 Å². The van der Waals surface area contributed by atoms with Crippen LogP contribution in [-0.4, -0.2) is 35.3 Å². The van der Waals surface area contributed by atoms with Crippen molar-refractivity contribution in [3.8, 4) is 5.75 Å². The third-order valence-corrected chi connectivity index (χ3v) is 3.18. The molecule has 0 spiro atoms. The molecule has 1 atom stereocenters. The molecule has 6 nitrogen and oxygen atoms in total. The molecule has 1 aromatic rings. The number of rotatable bonds is 6. The van der Waals surface area contributed by atoms with Crippen LogP contribution in [0, 0.1) is 0 Å². The molecule has 1 unspecified atom stereocenters. The zero-order valence-electron chi connectivity index (χ0n) is 13.6. The third kappa shape index (κ3) is 18.8. The van der Waals surface area contributed by atoms with Gasteiger partial charge in [-0.2, -0.15) is 8.42 Å². The van der Waals surface area contributed by atoms with Gasteiger partial charge >= 0.3 is 10.4 Å². The van der Waals surface area contributed by atoms with E-state index in [1.165, 1.54) is 44.9 Å². The summed E-state index contributed by atoms with van der Waals surface area (Å²) in [5.74, 6) is 0.322. The lowest BCUT2D eigenvalue weighted by atomic mass is 10.0. The Labute approximate surface area is 139 Å². The van der Waals surface area contributed by atoms with Crippen LogP contribution in [0.4, 0.5) is 0 Å². The van der Waals surface area contributed by atoms with Gasteiger partial charge in [0.25, 0.3) is 0 Å². The zero-order chi connectivity index (χ0) is 17.6. The predicted molar refractivity (Wildman–Crippen MR) is 90.0 cm³/mol. The highest BCUT2D eigenvalue weighted by Crippen LogP contribution is 2.18. The van der Waals surface area contributed by atoms with Gasteiger partial charge in [-0.05, 0) is 25.0 Å². The van der Waals surface area contributed by atoms with E-state index in [-0.39, 0.29) is 0 Å². The van der Waals surface area contributed by atoms with Crippen LogP contribution in [0.3, 0.4) is 0 Å². The van der Waals surface area contributed by atoms with Gasteiger partial charge in [0.1, 0.15) is 5.75 Å². The average molecular weight is 348 g/mol.